The second-order valence-electron chi connectivity index (χ2n) is 7.68. The predicted molar refractivity (Wildman–Crippen MR) is 138 cm³/mol. The van der Waals surface area contributed by atoms with Gasteiger partial charge in [0.15, 0.2) is 0 Å². The van der Waals surface area contributed by atoms with E-state index in [0.717, 1.165) is 28.5 Å². The summed E-state index contributed by atoms with van der Waals surface area (Å²) in [5, 5.41) is 10.0. The Labute approximate surface area is 209 Å². The number of thioether (sulfide) groups is 1. The molecule has 34 heavy (non-hydrogen) atoms. The summed E-state index contributed by atoms with van der Waals surface area (Å²) in [4.78, 5) is 14.5. The molecule has 3 rings (SSSR count). The van der Waals surface area contributed by atoms with Gasteiger partial charge < -0.3 is 19.3 Å². The second kappa shape index (κ2) is 13.4. The lowest BCUT2D eigenvalue weighted by molar-refractivity contribution is -0.137. The van der Waals surface area contributed by atoms with E-state index in [9.17, 15) is 9.90 Å². The fourth-order valence-corrected chi connectivity index (χ4v) is 5.11. The number of benzene rings is 2. The van der Waals surface area contributed by atoms with E-state index in [0.29, 0.717) is 31.1 Å². The summed E-state index contributed by atoms with van der Waals surface area (Å²) in [6.45, 7) is 12.7. The minimum Gasteiger partial charge on any atom is -0.495 e. The van der Waals surface area contributed by atoms with Crippen LogP contribution in [0.3, 0.4) is 0 Å². The third-order valence-electron chi connectivity index (χ3n) is 4.99. The molecule has 180 valence electrons. The molecule has 0 saturated carbocycles. The van der Waals surface area contributed by atoms with E-state index in [1.165, 1.54) is 15.4 Å². The van der Waals surface area contributed by atoms with E-state index in [1.807, 2.05) is 6.07 Å². The van der Waals surface area contributed by atoms with Crippen molar-refractivity contribution >= 4 is 35.1 Å². The first kappa shape index (κ1) is 26.2. The van der Waals surface area contributed by atoms with Crippen LogP contribution in [0.1, 0.15) is 24.0 Å². The first-order valence-electron chi connectivity index (χ1n) is 11.1. The van der Waals surface area contributed by atoms with E-state index in [2.05, 4.69) is 56.1 Å². The highest BCUT2D eigenvalue weighted by Crippen LogP contribution is 2.45. The van der Waals surface area contributed by atoms with Gasteiger partial charge in [-0.15, -0.1) is 11.8 Å². The molecular formula is C27H30O5S2. The Balaban J connectivity index is 1.33. The maximum Gasteiger partial charge on any atom is 0.330 e. The number of carbonyl (C=O) groups excluding carboxylic acids is 1. The molecule has 2 aromatic rings. The van der Waals surface area contributed by atoms with Gasteiger partial charge in [-0.1, -0.05) is 49.7 Å². The van der Waals surface area contributed by atoms with Gasteiger partial charge in [0, 0.05) is 27.4 Å². The molecule has 1 aliphatic rings. The molecule has 0 spiro atoms. The number of aliphatic hydroxyl groups is 1. The number of ether oxygens (including phenoxy) is 3. The topological polar surface area (TPSA) is 65.0 Å². The third-order valence-corrected chi connectivity index (χ3v) is 7.20. The van der Waals surface area contributed by atoms with Crippen molar-refractivity contribution in [2.75, 3.05) is 32.2 Å². The zero-order chi connectivity index (χ0) is 24.3. The van der Waals surface area contributed by atoms with E-state index in [-0.39, 0.29) is 13.2 Å². The monoisotopic (exact) mass is 498 g/mol. The van der Waals surface area contributed by atoms with Crippen LogP contribution in [0, 0.1) is 0 Å². The Kier molecular flexibility index (Phi) is 10.3. The summed E-state index contributed by atoms with van der Waals surface area (Å²) in [5.41, 5.74) is 3.39. The zero-order valence-corrected chi connectivity index (χ0v) is 20.8. The number of carbonyl (C=O) groups is 1. The average Bonchev–Trinajstić information content (AvgIpc) is 2.85. The van der Waals surface area contributed by atoms with E-state index in [4.69, 9.17) is 14.2 Å². The first-order valence-corrected chi connectivity index (χ1v) is 12.9. The molecule has 0 fully saturated rings. The molecule has 7 heteroatoms. The minimum absolute atomic E-state index is 0.130. The van der Waals surface area contributed by atoms with Crippen molar-refractivity contribution in [2.45, 2.75) is 33.6 Å². The Morgan fingerprint density at radius 1 is 1.06 bits per heavy atom. The van der Waals surface area contributed by atoms with Gasteiger partial charge in [-0.25, -0.2) is 4.79 Å². The van der Waals surface area contributed by atoms with Crippen molar-refractivity contribution in [3.63, 3.8) is 0 Å². The lowest BCUT2D eigenvalue weighted by Gasteiger charge is -2.21. The number of hydrogen-bond acceptors (Lipinski definition) is 7. The Hall–Kier alpha value is -2.45. The average molecular weight is 499 g/mol. The van der Waals surface area contributed by atoms with Crippen molar-refractivity contribution in [3.05, 3.63) is 85.2 Å². The normalized spacial score (nSPS) is 12.9. The second-order valence-corrected chi connectivity index (χ2v) is 9.81. The van der Waals surface area contributed by atoms with Crippen LogP contribution in [0.5, 0.6) is 0 Å². The van der Waals surface area contributed by atoms with Crippen molar-refractivity contribution in [3.8, 4) is 0 Å². The van der Waals surface area contributed by atoms with Gasteiger partial charge in [-0.05, 0) is 53.8 Å². The van der Waals surface area contributed by atoms with Crippen LogP contribution < -0.4 is 0 Å². The van der Waals surface area contributed by atoms with Crippen LogP contribution >= 0.6 is 23.5 Å². The quantitative estimate of drug-likeness (QED) is 0.100. The Bertz CT molecular complexity index is 1030. The number of unbranched alkanes of at least 4 members (excludes halogenated alkanes) is 1. The van der Waals surface area contributed by atoms with Crippen molar-refractivity contribution in [1.82, 2.24) is 0 Å². The van der Waals surface area contributed by atoms with Crippen molar-refractivity contribution in [2.24, 2.45) is 0 Å². The van der Waals surface area contributed by atoms with Crippen LogP contribution in [0.15, 0.2) is 88.7 Å². The highest BCUT2D eigenvalue weighted by Gasteiger charge is 2.19. The summed E-state index contributed by atoms with van der Waals surface area (Å²) in [5.74, 6) is 0.768. The number of rotatable bonds is 14. The fraction of sp³-hybridized carbons (Fsp3) is 0.296. The summed E-state index contributed by atoms with van der Waals surface area (Å²) in [7, 11) is 0. The summed E-state index contributed by atoms with van der Waals surface area (Å²) < 4.78 is 15.9. The van der Waals surface area contributed by atoms with Gasteiger partial charge in [0.25, 0.3) is 0 Å². The number of aliphatic hydroxyl groups excluding tert-OH is 1. The molecule has 5 nitrogen and oxygen atoms in total. The molecule has 0 aliphatic carbocycles. The van der Waals surface area contributed by atoms with Crippen LogP contribution in [-0.2, 0) is 19.0 Å². The van der Waals surface area contributed by atoms with Gasteiger partial charge in [-0.3, -0.25) is 0 Å². The standard InChI is InChI=1S/C27H30O5S2/c1-4-27(29)31-14-8-7-13-30-16-21(28)17-32-19(2)18-33-22-11-12-26-24(15-22)20(3)23-9-5-6-10-25(23)34-26/h4-6,9-12,15,21,28H,1-3,7-8,13-14,16-18H2. The Morgan fingerprint density at radius 2 is 1.82 bits per heavy atom. The molecule has 0 aromatic heterocycles. The maximum atomic E-state index is 10.9. The lowest BCUT2D eigenvalue weighted by atomic mass is 9.99. The zero-order valence-electron chi connectivity index (χ0n) is 19.2. The van der Waals surface area contributed by atoms with Crippen molar-refractivity contribution in [1.29, 1.82) is 0 Å². The molecule has 1 aliphatic heterocycles. The highest BCUT2D eigenvalue weighted by molar-refractivity contribution is 8.00. The largest absolute Gasteiger partial charge is 0.495 e. The van der Waals surface area contributed by atoms with Crippen LogP contribution in [0.25, 0.3) is 5.57 Å². The molecule has 0 bridgehead atoms. The first-order chi connectivity index (χ1) is 16.5. The van der Waals surface area contributed by atoms with Gasteiger partial charge >= 0.3 is 5.97 Å². The molecule has 0 saturated heterocycles. The SMILES string of the molecule is C=CC(=O)OCCCCOCC(O)COC(=C)CSc1ccc2c(c1)C(=C)c1ccccc1S2. The maximum absolute atomic E-state index is 10.9. The molecule has 1 heterocycles. The molecule has 1 N–H and O–H groups in total. The van der Waals surface area contributed by atoms with Gasteiger partial charge in [0.1, 0.15) is 12.7 Å². The van der Waals surface area contributed by atoms with Gasteiger partial charge in [0.05, 0.1) is 24.7 Å². The number of esters is 1. The summed E-state index contributed by atoms with van der Waals surface area (Å²) in [6, 6.07) is 14.7. The fourth-order valence-electron chi connectivity index (χ4n) is 3.22. The highest BCUT2D eigenvalue weighted by atomic mass is 32.2. The summed E-state index contributed by atoms with van der Waals surface area (Å²) >= 11 is 3.41. The van der Waals surface area contributed by atoms with Gasteiger partial charge in [-0.2, -0.15) is 0 Å². The van der Waals surface area contributed by atoms with Crippen LogP contribution in [0.4, 0.5) is 0 Å². The van der Waals surface area contributed by atoms with Crippen LogP contribution in [0.2, 0.25) is 0 Å². The third kappa shape index (κ3) is 7.81. The summed E-state index contributed by atoms with van der Waals surface area (Å²) in [6.07, 6.45) is 1.84. The van der Waals surface area contributed by atoms with Crippen molar-refractivity contribution < 1.29 is 24.1 Å². The molecule has 0 amide bonds. The molecule has 0 radical (unpaired) electrons. The smallest absolute Gasteiger partial charge is 0.330 e. The molecule has 1 unspecified atom stereocenters. The minimum atomic E-state index is -0.732. The molecule has 2 aromatic carbocycles. The van der Waals surface area contributed by atoms with E-state index in [1.54, 1.807) is 23.5 Å². The Morgan fingerprint density at radius 3 is 2.65 bits per heavy atom. The lowest BCUT2D eigenvalue weighted by Crippen LogP contribution is -2.22. The predicted octanol–water partition coefficient (Wildman–Crippen LogP) is 5.72. The number of fused-ring (bicyclic) bond motifs is 2. The van der Waals surface area contributed by atoms with Crippen LogP contribution in [-0.4, -0.2) is 49.4 Å². The molecule has 1 atom stereocenters. The van der Waals surface area contributed by atoms with E-state index < -0.39 is 12.1 Å². The molecular weight excluding hydrogens is 468 g/mol. The number of hydrogen-bond donors (Lipinski definition) is 1. The van der Waals surface area contributed by atoms with Gasteiger partial charge in [0.2, 0.25) is 0 Å². The van der Waals surface area contributed by atoms with E-state index >= 15 is 0 Å².